The number of anilines is 2. The molecule has 9 heteroatoms. The number of hydrogen-bond acceptors (Lipinski definition) is 5. The summed E-state index contributed by atoms with van der Waals surface area (Å²) in [5.41, 5.74) is 1.52. The first-order valence-electron chi connectivity index (χ1n) is 12.7. The van der Waals surface area contributed by atoms with Crippen molar-refractivity contribution in [2.75, 3.05) is 30.8 Å². The Labute approximate surface area is 232 Å². The van der Waals surface area contributed by atoms with Gasteiger partial charge in [0.2, 0.25) is 0 Å². The lowest BCUT2D eigenvalue weighted by Gasteiger charge is -2.32. The third-order valence-corrected chi connectivity index (χ3v) is 6.90. The van der Waals surface area contributed by atoms with Crippen LogP contribution in [0.3, 0.4) is 0 Å². The maximum absolute atomic E-state index is 15.1. The monoisotopic (exact) mass is 540 g/mol. The van der Waals surface area contributed by atoms with Crippen LogP contribution in [0.1, 0.15) is 51.6 Å². The Hall–Kier alpha value is -4.97. The predicted octanol–water partition coefficient (Wildman–Crippen LogP) is 4.95. The molecule has 1 saturated heterocycles. The fraction of sp³-hybridized carbons (Fsp3) is 0.226. The lowest BCUT2D eigenvalue weighted by molar-refractivity contribution is -0.121. The van der Waals surface area contributed by atoms with E-state index < -0.39 is 17.6 Å². The maximum atomic E-state index is 15.1. The second-order valence-electron chi connectivity index (χ2n) is 9.46. The van der Waals surface area contributed by atoms with Crippen molar-refractivity contribution in [2.45, 2.75) is 19.8 Å². The van der Waals surface area contributed by atoms with Crippen LogP contribution in [0.25, 0.3) is 0 Å². The Morgan fingerprint density at radius 3 is 2.25 bits per heavy atom. The topological polar surface area (TPSA) is 112 Å². The van der Waals surface area contributed by atoms with Crippen molar-refractivity contribution in [1.29, 1.82) is 5.41 Å². The third kappa shape index (κ3) is 6.35. The largest absolute Gasteiger partial charge is 0.497 e. The Morgan fingerprint density at radius 2 is 1.65 bits per heavy atom. The lowest BCUT2D eigenvalue weighted by atomic mass is 9.93. The van der Waals surface area contributed by atoms with Crippen LogP contribution in [0.15, 0.2) is 60.7 Å². The molecule has 1 aliphatic rings. The molecule has 0 aliphatic carbocycles. The molecule has 0 radical (unpaired) electrons. The first kappa shape index (κ1) is 28.0. The van der Waals surface area contributed by atoms with Gasteiger partial charge < -0.3 is 20.3 Å². The SMILES string of the molecule is C#Cc1ccc(NC(=O)c2cc(OC)ccc2NC(=O)c2ccc(C(=N)N3CCC(C(C)=O)CC3)cc2F)cc1. The van der Waals surface area contributed by atoms with E-state index in [4.69, 9.17) is 16.6 Å². The predicted molar refractivity (Wildman–Crippen MR) is 151 cm³/mol. The number of piperidine rings is 1. The molecular weight excluding hydrogens is 511 g/mol. The molecule has 0 unspecified atom stereocenters. The van der Waals surface area contributed by atoms with Crippen molar-refractivity contribution in [2.24, 2.45) is 5.92 Å². The quantitative estimate of drug-likeness (QED) is 0.223. The number of nitrogens with zero attached hydrogens (tertiary/aromatic N) is 1. The summed E-state index contributed by atoms with van der Waals surface area (Å²) in [4.78, 5) is 39.6. The minimum atomic E-state index is -0.800. The summed E-state index contributed by atoms with van der Waals surface area (Å²) >= 11 is 0. The number of Topliss-reactive ketones (excluding diaryl/α,β-unsaturated/α-hetero) is 1. The van der Waals surface area contributed by atoms with Gasteiger partial charge in [-0.25, -0.2) is 4.39 Å². The van der Waals surface area contributed by atoms with Crippen molar-refractivity contribution in [3.63, 3.8) is 0 Å². The van der Waals surface area contributed by atoms with E-state index in [9.17, 15) is 14.4 Å². The molecule has 3 aromatic carbocycles. The zero-order valence-electron chi connectivity index (χ0n) is 22.2. The second kappa shape index (κ2) is 12.3. The minimum absolute atomic E-state index is 0.00852. The van der Waals surface area contributed by atoms with Crippen molar-refractivity contribution in [3.05, 3.63) is 88.7 Å². The molecule has 2 amide bonds. The molecule has 3 N–H and O–H groups in total. The van der Waals surface area contributed by atoms with Gasteiger partial charge >= 0.3 is 0 Å². The molecule has 40 heavy (non-hydrogen) atoms. The Balaban J connectivity index is 1.50. The van der Waals surface area contributed by atoms with Gasteiger partial charge in [0.05, 0.1) is 23.9 Å². The standard InChI is InChI=1S/C31H29FN4O4/c1-4-20-5-8-23(9-6-20)34-31(39)26-18-24(40-3)10-12-28(26)35-30(38)25-11-7-22(17-27(25)32)29(33)36-15-13-21(14-16-36)19(2)37/h1,5-12,17-18,21,33H,13-16H2,2-3H3,(H,34,39)(H,35,38). The smallest absolute Gasteiger partial charge is 0.258 e. The number of halogens is 1. The van der Waals surface area contributed by atoms with Crippen LogP contribution in [0.5, 0.6) is 5.75 Å². The number of hydrogen-bond donors (Lipinski definition) is 3. The number of ether oxygens (including phenoxy) is 1. The fourth-order valence-electron chi connectivity index (χ4n) is 4.52. The van der Waals surface area contributed by atoms with Gasteiger partial charge in [-0.3, -0.25) is 19.8 Å². The number of amidine groups is 1. The summed E-state index contributed by atoms with van der Waals surface area (Å²) in [6.07, 6.45) is 6.67. The number of ketones is 1. The molecule has 0 atom stereocenters. The van der Waals surface area contributed by atoms with Gasteiger partial charge in [0, 0.05) is 35.8 Å². The summed E-state index contributed by atoms with van der Waals surface area (Å²) in [6, 6.07) is 15.2. The third-order valence-electron chi connectivity index (χ3n) is 6.90. The van der Waals surface area contributed by atoms with Crippen LogP contribution in [-0.2, 0) is 4.79 Å². The first-order valence-corrected chi connectivity index (χ1v) is 12.7. The van der Waals surface area contributed by atoms with E-state index in [1.54, 1.807) is 42.2 Å². The van der Waals surface area contributed by atoms with Gasteiger partial charge in [-0.1, -0.05) is 12.0 Å². The number of nitrogens with one attached hydrogen (secondary N) is 3. The Bertz CT molecular complexity index is 1500. The number of amides is 2. The van der Waals surface area contributed by atoms with Gasteiger partial charge in [-0.15, -0.1) is 6.42 Å². The summed E-state index contributed by atoms with van der Waals surface area (Å²) in [5.74, 6) is 1.10. The van der Waals surface area contributed by atoms with Gasteiger partial charge in [0.15, 0.2) is 0 Å². The normalized spacial score (nSPS) is 13.2. The number of terminal acetylenes is 1. The summed E-state index contributed by atoms with van der Waals surface area (Å²) in [6.45, 7) is 2.64. The minimum Gasteiger partial charge on any atom is -0.497 e. The molecule has 0 saturated carbocycles. The molecule has 1 heterocycles. The number of rotatable bonds is 7. The summed E-state index contributed by atoms with van der Waals surface area (Å²) < 4.78 is 20.3. The summed E-state index contributed by atoms with van der Waals surface area (Å²) in [5, 5.41) is 13.9. The molecule has 0 bridgehead atoms. The van der Waals surface area contributed by atoms with E-state index >= 15 is 4.39 Å². The molecule has 0 aromatic heterocycles. The molecule has 3 aromatic rings. The number of carbonyl (C=O) groups is 3. The van der Waals surface area contributed by atoms with E-state index in [1.165, 1.54) is 31.4 Å². The number of carbonyl (C=O) groups excluding carboxylic acids is 3. The number of methoxy groups -OCH3 is 1. The van der Waals surface area contributed by atoms with Gasteiger partial charge in [-0.2, -0.15) is 0 Å². The van der Waals surface area contributed by atoms with E-state index in [-0.39, 0.29) is 34.4 Å². The van der Waals surface area contributed by atoms with E-state index in [0.717, 1.165) is 6.07 Å². The Kier molecular flexibility index (Phi) is 8.60. The fourth-order valence-corrected chi connectivity index (χ4v) is 4.52. The molecule has 4 rings (SSSR count). The highest BCUT2D eigenvalue weighted by Gasteiger charge is 2.25. The van der Waals surface area contributed by atoms with Gasteiger partial charge in [0.25, 0.3) is 11.8 Å². The van der Waals surface area contributed by atoms with Crippen molar-refractivity contribution >= 4 is 34.8 Å². The highest BCUT2D eigenvalue weighted by atomic mass is 19.1. The zero-order valence-corrected chi connectivity index (χ0v) is 22.2. The van der Waals surface area contributed by atoms with Crippen molar-refractivity contribution in [1.82, 2.24) is 4.90 Å². The average Bonchev–Trinajstić information content (AvgIpc) is 2.97. The van der Waals surface area contributed by atoms with E-state index in [1.807, 2.05) is 0 Å². The maximum Gasteiger partial charge on any atom is 0.258 e. The van der Waals surface area contributed by atoms with Gasteiger partial charge in [0.1, 0.15) is 23.2 Å². The zero-order chi connectivity index (χ0) is 28.8. The average molecular weight is 541 g/mol. The molecule has 0 spiro atoms. The molecule has 204 valence electrons. The highest BCUT2D eigenvalue weighted by molar-refractivity contribution is 6.13. The molecule has 8 nitrogen and oxygen atoms in total. The lowest BCUT2D eigenvalue weighted by Crippen LogP contribution is -2.40. The first-order chi connectivity index (χ1) is 19.2. The van der Waals surface area contributed by atoms with E-state index in [2.05, 4.69) is 16.6 Å². The van der Waals surface area contributed by atoms with Crippen LogP contribution in [-0.4, -0.2) is 48.5 Å². The summed E-state index contributed by atoms with van der Waals surface area (Å²) in [7, 11) is 1.45. The molecule has 1 fully saturated rings. The number of benzene rings is 3. The van der Waals surface area contributed by atoms with E-state index in [0.29, 0.717) is 48.5 Å². The Morgan fingerprint density at radius 1 is 0.975 bits per heavy atom. The van der Waals surface area contributed by atoms with Crippen LogP contribution in [0, 0.1) is 29.5 Å². The van der Waals surface area contributed by atoms with Crippen molar-refractivity contribution in [3.8, 4) is 18.1 Å². The van der Waals surface area contributed by atoms with Gasteiger partial charge in [-0.05, 0) is 74.4 Å². The van der Waals surface area contributed by atoms with Crippen molar-refractivity contribution < 1.29 is 23.5 Å². The molecule has 1 aliphatic heterocycles. The van der Waals surface area contributed by atoms with Crippen LogP contribution < -0.4 is 15.4 Å². The molecular formula is C31H29FN4O4. The van der Waals surface area contributed by atoms with Crippen LogP contribution in [0.4, 0.5) is 15.8 Å². The number of likely N-dealkylation sites (tertiary alicyclic amines) is 1. The second-order valence-corrected chi connectivity index (χ2v) is 9.46. The van der Waals surface area contributed by atoms with Crippen LogP contribution in [0.2, 0.25) is 0 Å². The van der Waals surface area contributed by atoms with Crippen LogP contribution >= 0.6 is 0 Å². The highest BCUT2D eigenvalue weighted by Crippen LogP contribution is 2.25.